The van der Waals surface area contributed by atoms with Gasteiger partial charge in [-0.2, -0.15) is 0 Å². The third-order valence-corrected chi connectivity index (χ3v) is 2.66. The second kappa shape index (κ2) is 4.19. The van der Waals surface area contributed by atoms with Gasteiger partial charge < -0.3 is 10.5 Å². The van der Waals surface area contributed by atoms with Crippen molar-refractivity contribution in [2.45, 2.75) is 25.8 Å². The van der Waals surface area contributed by atoms with Crippen LogP contribution in [0.15, 0.2) is 18.2 Å². The lowest BCUT2D eigenvalue weighted by Crippen LogP contribution is -2.09. The van der Waals surface area contributed by atoms with E-state index in [1.54, 1.807) is 25.1 Å². The maximum Gasteiger partial charge on any atom is 0.169 e. The Morgan fingerprint density at radius 1 is 1.53 bits per heavy atom. The van der Waals surface area contributed by atoms with Crippen molar-refractivity contribution in [3.63, 3.8) is 0 Å². The first-order valence-electron chi connectivity index (χ1n) is 5.35. The maximum atomic E-state index is 13.8. The molecule has 1 aromatic rings. The smallest absolute Gasteiger partial charge is 0.169 e. The van der Waals surface area contributed by atoms with Gasteiger partial charge in [-0.3, -0.25) is 0 Å². The lowest BCUT2D eigenvalue weighted by atomic mass is 10.1. The van der Waals surface area contributed by atoms with Crippen LogP contribution in [0, 0.1) is 11.7 Å². The Balaban J connectivity index is 2.11. The number of hydrogen-bond acceptors (Lipinski definition) is 2. The highest BCUT2D eigenvalue weighted by Gasteiger charge is 2.23. The average Bonchev–Trinajstić information content (AvgIpc) is 2.99. The van der Waals surface area contributed by atoms with Crippen LogP contribution in [-0.4, -0.2) is 6.61 Å². The fraction of sp³-hybridized carbons (Fsp3) is 0.500. The molecule has 1 aromatic carbocycles. The van der Waals surface area contributed by atoms with Crippen LogP contribution < -0.4 is 10.5 Å². The van der Waals surface area contributed by atoms with E-state index in [9.17, 15) is 4.39 Å². The Kier molecular flexibility index (Phi) is 2.91. The molecule has 1 atom stereocenters. The molecule has 0 saturated heterocycles. The molecule has 1 fully saturated rings. The van der Waals surface area contributed by atoms with E-state index in [0.717, 1.165) is 0 Å². The second-order valence-corrected chi connectivity index (χ2v) is 4.20. The van der Waals surface area contributed by atoms with Crippen molar-refractivity contribution in [3.8, 4) is 5.75 Å². The number of halogens is 1. The first-order chi connectivity index (χ1) is 7.18. The summed E-state index contributed by atoms with van der Waals surface area (Å²) in [4.78, 5) is 0. The Hall–Kier alpha value is -1.09. The van der Waals surface area contributed by atoms with E-state index in [2.05, 4.69) is 0 Å². The van der Waals surface area contributed by atoms with Gasteiger partial charge in [0.15, 0.2) is 11.6 Å². The Morgan fingerprint density at radius 2 is 2.27 bits per heavy atom. The van der Waals surface area contributed by atoms with Gasteiger partial charge in [0, 0.05) is 11.6 Å². The van der Waals surface area contributed by atoms with Crippen LogP contribution >= 0.6 is 0 Å². The van der Waals surface area contributed by atoms with Crippen molar-refractivity contribution >= 4 is 0 Å². The minimum absolute atomic E-state index is 0.297. The minimum atomic E-state index is -0.312. The zero-order valence-electron chi connectivity index (χ0n) is 8.87. The summed E-state index contributed by atoms with van der Waals surface area (Å²) >= 11 is 0. The molecule has 2 nitrogen and oxygen atoms in total. The molecule has 15 heavy (non-hydrogen) atoms. The van der Waals surface area contributed by atoms with Gasteiger partial charge in [-0.1, -0.05) is 12.1 Å². The number of nitrogens with two attached hydrogens (primary N) is 1. The molecular weight excluding hydrogens is 193 g/mol. The van der Waals surface area contributed by atoms with Crippen molar-refractivity contribution in [1.29, 1.82) is 0 Å². The van der Waals surface area contributed by atoms with Gasteiger partial charge in [0.05, 0.1) is 6.61 Å². The minimum Gasteiger partial charge on any atom is -0.490 e. The normalized spacial score (nSPS) is 17.5. The fourth-order valence-electron chi connectivity index (χ4n) is 1.48. The molecule has 0 aliphatic heterocycles. The van der Waals surface area contributed by atoms with E-state index >= 15 is 0 Å². The summed E-state index contributed by atoms with van der Waals surface area (Å²) in [6.07, 6.45) is 2.41. The molecule has 0 aromatic heterocycles. The highest BCUT2D eigenvalue weighted by Crippen LogP contribution is 2.31. The molecule has 0 heterocycles. The standard InChI is InChI=1S/C12H16FNO/c1-8(14)10-3-2-4-11(12(10)13)15-7-9-5-6-9/h2-4,8-9H,5-7,14H2,1H3/t8-/m0/s1. The largest absolute Gasteiger partial charge is 0.490 e. The first-order valence-corrected chi connectivity index (χ1v) is 5.35. The average molecular weight is 209 g/mol. The van der Waals surface area contributed by atoms with E-state index in [1.165, 1.54) is 12.8 Å². The summed E-state index contributed by atoms with van der Waals surface area (Å²) in [5.74, 6) is 0.646. The van der Waals surface area contributed by atoms with Crippen molar-refractivity contribution in [1.82, 2.24) is 0 Å². The fourth-order valence-corrected chi connectivity index (χ4v) is 1.48. The second-order valence-electron chi connectivity index (χ2n) is 4.20. The van der Waals surface area contributed by atoms with E-state index in [1.807, 2.05) is 0 Å². The summed E-state index contributed by atoms with van der Waals surface area (Å²) in [7, 11) is 0. The van der Waals surface area contributed by atoms with Gasteiger partial charge in [0.2, 0.25) is 0 Å². The van der Waals surface area contributed by atoms with Crippen LogP contribution in [0.5, 0.6) is 5.75 Å². The van der Waals surface area contributed by atoms with Crippen LogP contribution in [0.1, 0.15) is 31.4 Å². The summed E-state index contributed by atoms with van der Waals surface area (Å²) < 4.78 is 19.2. The molecule has 1 aliphatic carbocycles. The van der Waals surface area contributed by atoms with Gasteiger partial charge in [-0.15, -0.1) is 0 Å². The van der Waals surface area contributed by atoms with Gasteiger partial charge in [-0.25, -0.2) is 4.39 Å². The Morgan fingerprint density at radius 3 is 2.87 bits per heavy atom. The number of rotatable bonds is 4. The number of benzene rings is 1. The van der Waals surface area contributed by atoms with Crippen LogP contribution in [-0.2, 0) is 0 Å². The van der Waals surface area contributed by atoms with Gasteiger partial charge in [0.25, 0.3) is 0 Å². The zero-order chi connectivity index (χ0) is 10.8. The Bertz CT molecular complexity index is 347. The lowest BCUT2D eigenvalue weighted by Gasteiger charge is -2.11. The molecule has 1 aliphatic rings. The van der Waals surface area contributed by atoms with Crippen molar-refractivity contribution in [2.75, 3.05) is 6.61 Å². The molecule has 1 saturated carbocycles. The predicted octanol–water partition coefficient (Wildman–Crippen LogP) is 2.63. The number of ether oxygens (including phenoxy) is 1. The van der Waals surface area contributed by atoms with Crippen molar-refractivity contribution < 1.29 is 9.13 Å². The third kappa shape index (κ3) is 2.48. The van der Waals surface area contributed by atoms with E-state index in [4.69, 9.17) is 10.5 Å². The van der Waals surface area contributed by atoms with Crippen molar-refractivity contribution in [2.24, 2.45) is 11.7 Å². The van der Waals surface area contributed by atoms with E-state index < -0.39 is 0 Å². The zero-order valence-corrected chi connectivity index (χ0v) is 8.87. The lowest BCUT2D eigenvalue weighted by molar-refractivity contribution is 0.284. The highest BCUT2D eigenvalue weighted by molar-refractivity contribution is 5.32. The molecule has 2 rings (SSSR count). The molecular formula is C12H16FNO. The van der Waals surface area contributed by atoms with E-state index in [0.29, 0.717) is 23.8 Å². The summed E-state index contributed by atoms with van der Waals surface area (Å²) in [6, 6.07) is 4.84. The van der Waals surface area contributed by atoms with Crippen LogP contribution in [0.2, 0.25) is 0 Å². The van der Waals surface area contributed by atoms with Crippen LogP contribution in [0.3, 0.4) is 0 Å². The number of hydrogen-bond donors (Lipinski definition) is 1. The topological polar surface area (TPSA) is 35.2 Å². The summed E-state index contributed by atoms with van der Waals surface area (Å²) in [5, 5.41) is 0. The SMILES string of the molecule is C[C@H](N)c1cccc(OCC2CC2)c1F. The molecule has 82 valence electrons. The van der Waals surface area contributed by atoms with E-state index in [-0.39, 0.29) is 11.9 Å². The monoisotopic (exact) mass is 209 g/mol. The molecule has 3 heteroatoms. The van der Waals surface area contributed by atoms with Crippen LogP contribution in [0.25, 0.3) is 0 Å². The molecule has 0 amide bonds. The summed E-state index contributed by atoms with van der Waals surface area (Å²) in [6.45, 7) is 2.39. The third-order valence-electron chi connectivity index (χ3n) is 2.66. The molecule has 2 N–H and O–H groups in total. The predicted molar refractivity (Wildman–Crippen MR) is 57.2 cm³/mol. The maximum absolute atomic E-state index is 13.8. The van der Waals surface area contributed by atoms with Gasteiger partial charge >= 0.3 is 0 Å². The molecule has 0 bridgehead atoms. The molecule has 0 unspecified atom stereocenters. The molecule has 0 radical (unpaired) electrons. The summed E-state index contributed by atoms with van der Waals surface area (Å²) in [5.41, 5.74) is 6.17. The quantitative estimate of drug-likeness (QED) is 0.827. The first kappa shape index (κ1) is 10.4. The Labute approximate surface area is 89.2 Å². The highest BCUT2D eigenvalue weighted by atomic mass is 19.1. The molecule has 0 spiro atoms. The van der Waals surface area contributed by atoms with Crippen molar-refractivity contribution in [3.05, 3.63) is 29.6 Å². The van der Waals surface area contributed by atoms with Crippen LogP contribution in [0.4, 0.5) is 4.39 Å². The van der Waals surface area contributed by atoms with Gasteiger partial charge in [0.1, 0.15) is 0 Å². The van der Waals surface area contributed by atoms with Gasteiger partial charge in [-0.05, 0) is 31.7 Å².